The monoisotopic (exact) mass is 199 g/mol. The van der Waals surface area contributed by atoms with Crippen molar-refractivity contribution in [2.75, 3.05) is 0 Å². The number of pyridine rings is 1. The minimum Gasteiger partial charge on any atom is -0.384 e. The molecule has 2 aromatic rings. The molecule has 0 radical (unpaired) electrons. The summed E-state index contributed by atoms with van der Waals surface area (Å²) in [6.45, 7) is 1.93. The van der Waals surface area contributed by atoms with Crippen LogP contribution in [0.25, 0.3) is 0 Å². The van der Waals surface area contributed by atoms with Gasteiger partial charge in [-0.1, -0.05) is 36.4 Å². The molecule has 0 aliphatic rings. The summed E-state index contributed by atoms with van der Waals surface area (Å²) in [5.41, 5.74) is 2.67. The van der Waals surface area contributed by atoms with Gasteiger partial charge in [-0.05, 0) is 18.6 Å². The lowest BCUT2D eigenvalue weighted by Crippen LogP contribution is -1.99. The van der Waals surface area contributed by atoms with Gasteiger partial charge in [-0.3, -0.25) is 4.98 Å². The van der Waals surface area contributed by atoms with Crippen LogP contribution in [0.4, 0.5) is 0 Å². The Morgan fingerprint density at radius 3 is 2.33 bits per heavy atom. The summed E-state index contributed by atoms with van der Waals surface area (Å²) >= 11 is 0. The summed E-state index contributed by atoms with van der Waals surface area (Å²) in [4.78, 5) is 4.17. The molecule has 0 aliphatic heterocycles. The minimum atomic E-state index is -0.584. The van der Waals surface area contributed by atoms with Gasteiger partial charge >= 0.3 is 0 Å². The number of hydrogen-bond donors (Lipinski definition) is 1. The van der Waals surface area contributed by atoms with E-state index in [1.165, 1.54) is 0 Å². The van der Waals surface area contributed by atoms with E-state index in [9.17, 15) is 5.11 Å². The average molecular weight is 199 g/mol. The third-order valence-electron chi connectivity index (χ3n) is 2.37. The van der Waals surface area contributed by atoms with Crippen LogP contribution in [0.1, 0.15) is 22.9 Å². The number of aliphatic hydroxyl groups excluding tert-OH is 1. The molecule has 1 aromatic heterocycles. The van der Waals surface area contributed by atoms with Crippen LogP contribution >= 0.6 is 0 Å². The van der Waals surface area contributed by atoms with E-state index in [0.717, 1.165) is 16.8 Å². The molecule has 0 amide bonds. The van der Waals surface area contributed by atoms with Crippen molar-refractivity contribution in [2.24, 2.45) is 0 Å². The van der Waals surface area contributed by atoms with Crippen molar-refractivity contribution in [3.05, 3.63) is 65.5 Å². The first-order valence-electron chi connectivity index (χ1n) is 4.93. The molecule has 2 heteroatoms. The van der Waals surface area contributed by atoms with Crippen LogP contribution in [-0.4, -0.2) is 10.1 Å². The molecule has 0 saturated carbocycles. The molecule has 0 unspecified atom stereocenters. The number of rotatable bonds is 2. The second-order valence-corrected chi connectivity index (χ2v) is 3.55. The molecule has 15 heavy (non-hydrogen) atoms. The van der Waals surface area contributed by atoms with Crippen LogP contribution < -0.4 is 0 Å². The Bertz CT molecular complexity index is 422. The van der Waals surface area contributed by atoms with Crippen LogP contribution in [0.3, 0.4) is 0 Å². The van der Waals surface area contributed by atoms with E-state index >= 15 is 0 Å². The Kier molecular flexibility index (Phi) is 2.79. The lowest BCUT2D eigenvalue weighted by atomic mass is 10.0. The highest BCUT2D eigenvalue weighted by atomic mass is 16.3. The number of aromatic nitrogens is 1. The average Bonchev–Trinajstić information content (AvgIpc) is 2.30. The summed E-state index contributed by atoms with van der Waals surface area (Å²) in [6.07, 6.45) is 1.13. The second kappa shape index (κ2) is 4.24. The topological polar surface area (TPSA) is 33.1 Å². The van der Waals surface area contributed by atoms with Crippen LogP contribution in [0, 0.1) is 6.92 Å². The maximum atomic E-state index is 10.0. The first-order valence-corrected chi connectivity index (χ1v) is 4.93. The smallest absolute Gasteiger partial charge is 0.106 e. The molecule has 0 aliphatic carbocycles. The molecule has 1 N–H and O–H groups in total. The highest BCUT2D eigenvalue weighted by Crippen LogP contribution is 2.20. The lowest BCUT2D eigenvalue weighted by molar-refractivity contribution is 0.220. The Morgan fingerprint density at radius 2 is 1.73 bits per heavy atom. The minimum absolute atomic E-state index is 0.584. The molecule has 1 aromatic carbocycles. The van der Waals surface area contributed by atoms with Gasteiger partial charge in [0.15, 0.2) is 0 Å². The molecule has 0 spiro atoms. The summed E-state index contributed by atoms with van der Waals surface area (Å²) in [5, 5.41) is 10.0. The van der Waals surface area contributed by atoms with E-state index in [2.05, 4.69) is 4.98 Å². The van der Waals surface area contributed by atoms with Gasteiger partial charge in [-0.2, -0.15) is 0 Å². The molecule has 0 saturated heterocycles. The number of nitrogens with zero attached hydrogens (tertiary/aromatic N) is 1. The van der Waals surface area contributed by atoms with Crippen LogP contribution in [0.15, 0.2) is 48.7 Å². The summed E-state index contributed by atoms with van der Waals surface area (Å²) in [6, 6.07) is 13.4. The molecule has 0 bridgehead atoms. The highest BCUT2D eigenvalue weighted by Gasteiger charge is 2.09. The zero-order valence-electron chi connectivity index (χ0n) is 8.59. The SMILES string of the molecule is Cc1ccc([C@@H](O)c2ccccc2)cn1. The number of hydrogen-bond acceptors (Lipinski definition) is 2. The molecule has 2 nitrogen and oxygen atoms in total. The summed E-state index contributed by atoms with van der Waals surface area (Å²) < 4.78 is 0. The van der Waals surface area contributed by atoms with Gasteiger partial charge in [0.25, 0.3) is 0 Å². The zero-order valence-corrected chi connectivity index (χ0v) is 8.59. The fraction of sp³-hybridized carbons (Fsp3) is 0.154. The molecule has 0 fully saturated rings. The Morgan fingerprint density at radius 1 is 1.00 bits per heavy atom. The van der Waals surface area contributed by atoms with Crippen LogP contribution in [0.2, 0.25) is 0 Å². The van der Waals surface area contributed by atoms with E-state index in [1.54, 1.807) is 6.20 Å². The van der Waals surface area contributed by atoms with Gasteiger partial charge in [0.1, 0.15) is 6.10 Å². The van der Waals surface area contributed by atoms with E-state index in [0.29, 0.717) is 0 Å². The summed E-state index contributed by atoms with van der Waals surface area (Å²) in [5.74, 6) is 0. The normalized spacial score (nSPS) is 12.4. The van der Waals surface area contributed by atoms with Gasteiger partial charge in [-0.15, -0.1) is 0 Å². The van der Waals surface area contributed by atoms with Gasteiger partial charge < -0.3 is 5.11 Å². The lowest BCUT2D eigenvalue weighted by Gasteiger charge is -2.10. The van der Waals surface area contributed by atoms with Crippen molar-refractivity contribution in [2.45, 2.75) is 13.0 Å². The van der Waals surface area contributed by atoms with Crippen LogP contribution in [0.5, 0.6) is 0 Å². The fourth-order valence-electron chi connectivity index (χ4n) is 1.47. The molecular formula is C13H13NO. The van der Waals surface area contributed by atoms with Gasteiger partial charge in [0, 0.05) is 17.5 Å². The van der Waals surface area contributed by atoms with E-state index < -0.39 is 6.10 Å². The first kappa shape index (κ1) is 9.87. The molecular weight excluding hydrogens is 186 g/mol. The van der Waals surface area contributed by atoms with Crippen molar-refractivity contribution >= 4 is 0 Å². The maximum absolute atomic E-state index is 10.0. The molecule has 2 rings (SSSR count). The first-order chi connectivity index (χ1) is 7.27. The maximum Gasteiger partial charge on any atom is 0.106 e. The van der Waals surface area contributed by atoms with E-state index in [4.69, 9.17) is 0 Å². The molecule has 1 heterocycles. The van der Waals surface area contributed by atoms with Crippen molar-refractivity contribution in [3.8, 4) is 0 Å². The standard InChI is InChI=1S/C13H13NO/c1-10-7-8-12(9-14-10)13(15)11-5-3-2-4-6-11/h2-9,13,15H,1H3/t13-/m0/s1. The molecule has 1 atom stereocenters. The van der Waals surface area contributed by atoms with Crippen LogP contribution in [-0.2, 0) is 0 Å². The Balaban J connectivity index is 2.29. The zero-order chi connectivity index (χ0) is 10.7. The van der Waals surface area contributed by atoms with Crippen molar-refractivity contribution < 1.29 is 5.11 Å². The predicted octanol–water partition coefficient (Wildman–Crippen LogP) is 2.47. The number of aliphatic hydroxyl groups is 1. The van der Waals surface area contributed by atoms with Crippen molar-refractivity contribution in [3.63, 3.8) is 0 Å². The van der Waals surface area contributed by atoms with E-state index in [1.807, 2.05) is 49.4 Å². The Hall–Kier alpha value is -1.67. The van der Waals surface area contributed by atoms with Gasteiger partial charge in [-0.25, -0.2) is 0 Å². The van der Waals surface area contributed by atoms with Gasteiger partial charge in [0.2, 0.25) is 0 Å². The quantitative estimate of drug-likeness (QED) is 0.806. The summed E-state index contributed by atoms with van der Waals surface area (Å²) in [7, 11) is 0. The molecule has 76 valence electrons. The third-order valence-corrected chi connectivity index (χ3v) is 2.37. The van der Waals surface area contributed by atoms with E-state index in [-0.39, 0.29) is 0 Å². The van der Waals surface area contributed by atoms with Crippen molar-refractivity contribution in [1.29, 1.82) is 0 Å². The Labute approximate surface area is 89.2 Å². The predicted molar refractivity (Wildman–Crippen MR) is 59.5 cm³/mol. The third kappa shape index (κ3) is 2.22. The second-order valence-electron chi connectivity index (χ2n) is 3.55. The van der Waals surface area contributed by atoms with Crippen molar-refractivity contribution in [1.82, 2.24) is 4.98 Å². The number of benzene rings is 1. The van der Waals surface area contributed by atoms with Gasteiger partial charge in [0.05, 0.1) is 0 Å². The highest BCUT2D eigenvalue weighted by molar-refractivity contribution is 5.28. The fourth-order valence-corrected chi connectivity index (χ4v) is 1.47. The number of aryl methyl sites for hydroxylation is 1. The largest absolute Gasteiger partial charge is 0.384 e.